The summed E-state index contributed by atoms with van der Waals surface area (Å²) in [7, 11) is 0. The zero-order valence-corrected chi connectivity index (χ0v) is 17.7. The predicted molar refractivity (Wildman–Crippen MR) is 113 cm³/mol. The standard InChI is InChI=1S/C20H28N4O3S/c1-5-14(4)24-19(27)15-10-8-9-11-16(15)22-20(24)28-13-18(26)23(7-3)12-17(25)21-6-2/h8-11,14H,5-7,12-13H2,1-4H3,(H,21,25)/t14-/m1/s1. The molecule has 1 heterocycles. The van der Waals surface area contributed by atoms with Gasteiger partial charge in [0.25, 0.3) is 5.56 Å². The van der Waals surface area contributed by atoms with Crippen LogP contribution in [0.5, 0.6) is 0 Å². The summed E-state index contributed by atoms with van der Waals surface area (Å²) in [5.74, 6) is -0.214. The minimum Gasteiger partial charge on any atom is -0.355 e. The Bertz CT molecular complexity index is 897. The fourth-order valence-corrected chi connectivity index (χ4v) is 3.82. The second-order valence-corrected chi connectivity index (χ2v) is 7.44. The van der Waals surface area contributed by atoms with Gasteiger partial charge in [-0.05, 0) is 39.3 Å². The Kier molecular flexibility index (Phi) is 8.04. The van der Waals surface area contributed by atoms with Crippen molar-refractivity contribution in [2.24, 2.45) is 0 Å². The maximum absolute atomic E-state index is 13.0. The molecule has 0 aliphatic carbocycles. The van der Waals surface area contributed by atoms with Crippen LogP contribution in [0.1, 0.15) is 40.2 Å². The van der Waals surface area contributed by atoms with Gasteiger partial charge in [-0.2, -0.15) is 0 Å². The summed E-state index contributed by atoms with van der Waals surface area (Å²) in [4.78, 5) is 43.5. The molecule has 0 radical (unpaired) electrons. The lowest BCUT2D eigenvalue weighted by molar-refractivity contribution is -0.133. The molecule has 1 aromatic carbocycles. The normalized spacial score (nSPS) is 12.0. The van der Waals surface area contributed by atoms with Crippen molar-refractivity contribution in [2.75, 3.05) is 25.4 Å². The van der Waals surface area contributed by atoms with E-state index >= 15 is 0 Å². The Morgan fingerprint density at radius 3 is 2.61 bits per heavy atom. The van der Waals surface area contributed by atoms with Gasteiger partial charge in [0.15, 0.2) is 5.16 Å². The van der Waals surface area contributed by atoms with Crippen LogP contribution in [0.4, 0.5) is 0 Å². The Morgan fingerprint density at radius 2 is 1.96 bits per heavy atom. The van der Waals surface area contributed by atoms with Crippen molar-refractivity contribution >= 4 is 34.5 Å². The molecular formula is C20H28N4O3S. The van der Waals surface area contributed by atoms with Crippen molar-refractivity contribution in [3.63, 3.8) is 0 Å². The second-order valence-electron chi connectivity index (χ2n) is 6.49. The van der Waals surface area contributed by atoms with Gasteiger partial charge >= 0.3 is 0 Å². The third-order valence-electron chi connectivity index (χ3n) is 4.57. The third kappa shape index (κ3) is 5.13. The van der Waals surface area contributed by atoms with E-state index in [1.54, 1.807) is 16.7 Å². The number of benzene rings is 1. The average Bonchev–Trinajstić information content (AvgIpc) is 2.70. The van der Waals surface area contributed by atoms with Crippen LogP contribution in [-0.2, 0) is 9.59 Å². The van der Waals surface area contributed by atoms with E-state index in [0.717, 1.165) is 6.42 Å². The minimum atomic E-state index is -0.178. The molecule has 0 aliphatic rings. The number of hydrogen-bond acceptors (Lipinski definition) is 5. The van der Waals surface area contributed by atoms with Crippen LogP contribution in [0.3, 0.4) is 0 Å². The van der Waals surface area contributed by atoms with Crippen molar-refractivity contribution in [1.29, 1.82) is 0 Å². The molecular weight excluding hydrogens is 376 g/mol. The topological polar surface area (TPSA) is 84.3 Å². The van der Waals surface area contributed by atoms with Gasteiger partial charge in [0.1, 0.15) is 0 Å². The molecule has 1 atom stereocenters. The molecule has 2 amide bonds. The predicted octanol–water partition coefficient (Wildman–Crippen LogP) is 2.44. The van der Waals surface area contributed by atoms with E-state index in [9.17, 15) is 14.4 Å². The highest BCUT2D eigenvalue weighted by atomic mass is 32.2. The average molecular weight is 405 g/mol. The van der Waals surface area contributed by atoms with E-state index < -0.39 is 0 Å². The van der Waals surface area contributed by atoms with Gasteiger partial charge < -0.3 is 10.2 Å². The Morgan fingerprint density at radius 1 is 1.25 bits per heavy atom. The maximum atomic E-state index is 13.0. The molecule has 1 aromatic heterocycles. The van der Waals surface area contributed by atoms with E-state index in [1.165, 1.54) is 16.7 Å². The Balaban J connectivity index is 2.26. The first kappa shape index (κ1) is 21.9. The van der Waals surface area contributed by atoms with Gasteiger partial charge in [0, 0.05) is 19.1 Å². The number of carbonyl (C=O) groups excluding carboxylic acids is 2. The van der Waals surface area contributed by atoms with Crippen LogP contribution in [0.2, 0.25) is 0 Å². The van der Waals surface area contributed by atoms with Crippen molar-refractivity contribution in [1.82, 2.24) is 19.8 Å². The first-order valence-electron chi connectivity index (χ1n) is 9.61. The number of likely N-dealkylation sites (N-methyl/N-ethyl adjacent to an activating group) is 2. The summed E-state index contributed by atoms with van der Waals surface area (Å²) in [6.07, 6.45) is 0.777. The van der Waals surface area contributed by atoms with Crippen molar-refractivity contribution < 1.29 is 9.59 Å². The molecule has 2 aromatic rings. The Labute approximate surface area is 169 Å². The molecule has 0 fully saturated rings. The fourth-order valence-electron chi connectivity index (χ4n) is 2.82. The number of amides is 2. The number of nitrogens with one attached hydrogen (secondary N) is 1. The number of aromatic nitrogens is 2. The number of fused-ring (bicyclic) bond motifs is 1. The van der Waals surface area contributed by atoms with Gasteiger partial charge in [-0.3, -0.25) is 19.0 Å². The summed E-state index contributed by atoms with van der Waals surface area (Å²) < 4.78 is 1.67. The van der Waals surface area contributed by atoms with Gasteiger partial charge in [-0.25, -0.2) is 4.98 Å². The zero-order chi connectivity index (χ0) is 20.7. The summed E-state index contributed by atoms with van der Waals surface area (Å²) in [5.41, 5.74) is 0.529. The second kappa shape index (κ2) is 10.3. The molecule has 0 spiro atoms. The molecule has 8 heteroatoms. The zero-order valence-electron chi connectivity index (χ0n) is 16.9. The Hall–Kier alpha value is -2.35. The van der Waals surface area contributed by atoms with Crippen LogP contribution < -0.4 is 10.9 Å². The van der Waals surface area contributed by atoms with Crippen LogP contribution in [-0.4, -0.2) is 51.7 Å². The first-order valence-corrected chi connectivity index (χ1v) is 10.6. The van der Waals surface area contributed by atoms with E-state index in [1.807, 2.05) is 39.8 Å². The van der Waals surface area contributed by atoms with Gasteiger partial charge in [0.2, 0.25) is 11.8 Å². The van der Waals surface area contributed by atoms with Crippen molar-refractivity contribution in [3.8, 4) is 0 Å². The molecule has 2 rings (SSSR count). The lowest BCUT2D eigenvalue weighted by atomic mass is 10.2. The minimum absolute atomic E-state index is 0.0279. The number of carbonyl (C=O) groups is 2. The molecule has 0 bridgehead atoms. The smallest absolute Gasteiger partial charge is 0.262 e. The van der Waals surface area contributed by atoms with Crippen molar-refractivity contribution in [2.45, 2.75) is 45.3 Å². The van der Waals surface area contributed by atoms with Crippen LogP contribution in [0.25, 0.3) is 10.9 Å². The van der Waals surface area contributed by atoms with E-state index in [4.69, 9.17) is 0 Å². The summed E-state index contributed by atoms with van der Waals surface area (Å²) in [5, 5.41) is 3.80. The van der Waals surface area contributed by atoms with Gasteiger partial charge in [0.05, 0.1) is 23.2 Å². The van der Waals surface area contributed by atoms with E-state index in [0.29, 0.717) is 29.1 Å². The molecule has 1 N–H and O–H groups in total. The first-order chi connectivity index (χ1) is 13.4. The van der Waals surface area contributed by atoms with E-state index in [-0.39, 0.29) is 35.7 Å². The summed E-state index contributed by atoms with van der Waals surface area (Å²) in [6, 6.07) is 7.21. The monoisotopic (exact) mass is 404 g/mol. The maximum Gasteiger partial charge on any atom is 0.262 e. The highest BCUT2D eigenvalue weighted by molar-refractivity contribution is 7.99. The molecule has 152 valence electrons. The van der Waals surface area contributed by atoms with Crippen LogP contribution in [0.15, 0.2) is 34.2 Å². The quantitative estimate of drug-likeness (QED) is 0.513. The van der Waals surface area contributed by atoms with Crippen LogP contribution >= 0.6 is 11.8 Å². The summed E-state index contributed by atoms with van der Waals surface area (Å²) >= 11 is 1.24. The molecule has 7 nitrogen and oxygen atoms in total. The number of hydrogen-bond donors (Lipinski definition) is 1. The van der Waals surface area contributed by atoms with E-state index in [2.05, 4.69) is 10.3 Å². The number of para-hydroxylation sites is 1. The van der Waals surface area contributed by atoms with Gasteiger partial charge in [-0.15, -0.1) is 0 Å². The largest absolute Gasteiger partial charge is 0.355 e. The fraction of sp³-hybridized carbons (Fsp3) is 0.500. The molecule has 0 aliphatic heterocycles. The highest BCUT2D eigenvalue weighted by Gasteiger charge is 2.19. The van der Waals surface area contributed by atoms with Crippen molar-refractivity contribution in [3.05, 3.63) is 34.6 Å². The van der Waals surface area contributed by atoms with Crippen LogP contribution in [0, 0.1) is 0 Å². The lowest BCUT2D eigenvalue weighted by Crippen LogP contribution is -2.41. The SMILES string of the molecule is CCNC(=O)CN(CC)C(=O)CSc1nc2ccccc2c(=O)n1[C@H](C)CC. The summed E-state index contributed by atoms with van der Waals surface area (Å²) in [6.45, 7) is 8.67. The van der Waals surface area contributed by atoms with Gasteiger partial charge in [-0.1, -0.05) is 30.8 Å². The molecule has 0 saturated carbocycles. The highest BCUT2D eigenvalue weighted by Crippen LogP contribution is 2.22. The lowest BCUT2D eigenvalue weighted by Gasteiger charge is -2.21. The number of thioether (sulfide) groups is 1. The molecule has 28 heavy (non-hydrogen) atoms. The number of rotatable bonds is 9. The molecule has 0 saturated heterocycles. The number of nitrogens with zero attached hydrogens (tertiary/aromatic N) is 3. The molecule has 0 unspecified atom stereocenters. The third-order valence-corrected chi connectivity index (χ3v) is 5.51.